The Morgan fingerprint density at radius 1 is 1.18 bits per heavy atom. The summed E-state index contributed by atoms with van der Waals surface area (Å²) >= 11 is 1.46. The predicted molar refractivity (Wildman–Crippen MR) is 111 cm³/mol. The maximum atomic E-state index is 12.7. The number of nitrogens with zero attached hydrogens (tertiary/aromatic N) is 3. The Kier molecular flexibility index (Phi) is 3.80. The second kappa shape index (κ2) is 6.24. The molecule has 1 N–H and O–H groups in total. The summed E-state index contributed by atoms with van der Waals surface area (Å²) in [5.74, 6) is 0.546. The molecule has 0 aliphatic carbocycles. The first-order chi connectivity index (χ1) is 13.5. The van der Waals surface area contributed by atoms with Crippen LogP contribution in [0.1, 0.15) is 33.7 Å². The first kappa shape index (κ1) is 17.1. The lowest BCUT2D eigenvalue weighted by atomic mass is 10.1. The molecule has 140 valence electrons. The van der Waals surface area contributed by atoms with Crippen LogP contribution in [0.15, 0.2) is 35.1 Å². The average molecular weight is 390 g/mol. The van der Waals surface area contributed by atoms with Crippen LogP contribution in [-0.2, 0) is 13.0 Å². The fraction of sp³-hybridized carbons (Fsp3) is 0.238. The molecule has 6 nitrogen and oxygen atoms in total. The summed E-state index contributed by atoms with van der Waals surface area (Å²) in [6.07, 6.45) is 1.73. The number of fused-ring (bicyclic) bond motifs is 3. The maximum absolute atomic E-state index is 12.7. The Balaban J connectivity index is 1.50. The topological polar surface area (TPSA) is 76.9 Å². The molecule has 0 spiro atoms. The third-order valence-corrected chi connectivity index (χ3v) is 6.05. The van der Waals surface area contributed by atoms with Gasteiger partial charge in [-0.05, 0) is 55.7 Å². The van der Waals surface area contributed by atoms with Crippen molar-refractivity contribution in [2.75, 3.05) is 5.32 Å². The first-order valence-electron chi connectivity index (χ1n) is 9.22. The van der Waals surface area contributed by atoms with Gasteiger partial charge in [0.05, 0.1) is 21.1 Å². The minimum absolute atomic E-state index is 0.0264. The molecule has 0 fully saturated rings. The highest BCUT2D eigenvalue weighted by atomic mass is 32.1. The molecule has 0 bridgehead atoms. The van der Waals surface area contributed by atoms with Crippen molar-refractivity contribution in [1.82, 2.24) is 14.5 Å². The van der Waals surface area contributed by atoms with E-state index in [1.807, 2.05) is 13.8 Å². The van der Waals surface area contributed by atoms with Gasteiger partial charge in [0.1, 0.15) is 5.82 Å². The summed E-state index contributed by atoms with van der Waals surface area (Å²) < 4.78 is 2.78. The number of aromatic nitrogens is 3. The Bertz CT molecular complexity index is 1340. The number of anilines is 1. The number of aryl methyl sites for hydroxylation is 3. The zero-order valence-electron chi connectivity index (χ0n) is 15.6. The summed E-state index contributed by atoms with van der Waals surface area (Å²) in [4.78, 5) is 34.5. The summed E-state index contributed by atoms with van der Waals surface area (Å²) in [6, 6.07) is 9.21. The molecular formula is C21H18N4O2S. The highest BCUT2D eigenvalue weighted by Crippen LogP contribution is 2.29. The number of benzene rings is 2. The molecule has 0 unspecified atom stereocenters. The molecule has 3 heterocycles. The highest BCUT2D eigenvalue weighted by Gasteiger charge is 2.18. The molecule has 0 saturated carbocycles. The average Bonchev–Trinajstić information content (AvgIpc) is 3.28. The van der Waals surface area contributed by atoms with Crippen molar-refractivity contribution in [3.05, 3.63) is 63.2 Å². The number of nitrogens with one attached hydrogen (secondary N) is 1. The van der Waals surface area contributed by atoms with Gasteiger partial charge in [-0.15, -0.1) is 0 Å². The van der Waals surface area contributed by atoms with Crippen molar-refractivity contribution in [3.63, 3.8) is 0 Å². The van der Waals surface area contributed by atoms with Gasteiger partial charge in [0, 0.05) is 18.5 Å². The van der Waals surface area contributed by atoms with Crippen LogP contribution in [0.5, 0.6) is 0 Å². The fourth-order valence-corrected chi connectivity index (χ4v) is 4.86. The van der Waals surface area contributed by atoms with Crippen molar-refractivity contribution in [3.8, 4) is 0 Å². The van der Waals surface area contributed by atoms with E-state index in [0.717, 1.165) is 41.0 Å². The van der Waals surface area contributed by atoms with Gasteiger partial charge < -0.3 is 0 Å². The molecule has 2 aromatic heterocycles. The van der Waals surface area contributed by atoms with Gasteiger partial charge in [-0.2, -0.15) is 0 Å². The van der Waals surface area contributed by atoms with Crippen molar-refractivity contribution in [2.24, 2.45) is 0 Å². The summed E-state index contributed by atoms with van der Waals surface area (Å²) in [5.41, 5.74) is 4.19. The van der Waals surface area contributed by atoms with E-state index in [1.165, 1.54) is 16.9 Å². The molecule has 1 amide bonds. The molecule has 1 aliphatic rings. The van der Waals surface area contributed by atoms with Crippen LogP contribution in [0.2, 0.25) is 0 Å². The SMILES string of the molecule is Cc1cc(C)c2nc(NC(=O)c3ccc4c(=O)n5c(nc4c3)CCC5)sc2c1. The molecule has 2 aromatic carbocycles. The third kappa shape index (κ3) is 2.70. The number of hydrogen-bond donors (Lipinski definition) is 1. The summed E-state index contributed by atoms with van der Waals surface area (Å²) in [5, 5.41) is 4.00. The highest BCUT2D eigenvalue weighted by molar-refractivity contribution is 7.22. The number of thiazole rings is 1. The number of carbonyl (C=O) groups is 1. The number of amides is 1. The Morgan fingerprint density at radius 2 is 2.04 bits per heavy atom. The largest absolute Gasteiger partial charge is 0.298 e. The Labute approximate surface area is 164 Å². The lowest BCUT2D eigenvalue weighted by Crippen LogP contribution is -2.21. The molecule has 5 rings (SSSR count). The minimum atomic E-state index is -0.252. The summed E-state index contributed by atoms with van der Waals surface area (Å²) in [6.45, 7) is 4.79. The standard InChI is InChI=1S/C21H18N4O2S/c1-11-8-12(2)18-16(9-11)28-21(23-18)24-19(26)13-5-6-14-15(10-13)22-17-4-3-7-25(17)20(14)27/h5-6,8-10H,3-4,7H2,1-2H3,(H,23,24,26). The van der Waals surface area contributed by atoms with E-state index in [9.17, 15) is 9.59 Å². The van der Waals surface area contributed by atoms with E-state index in [0.29, 0.717) is 21.6 Å². The van der Waals surface area contributed by atoms with Gasteiger partial charge in [0.25, 0.3) is 11.5 Å². The smallest absolute Gasteiger partial charge is 0.261 e. The number of rotatable bonds is 2. The Hall–Kier alpha value is -3.06. The second-order valence-electron chi connectivity index (χ2n) is 7.22. The van der Waals surface area contributed by atoms with Crippen molar-refractivity contribution < 1.29 is 4.79 Å². The molecule has 0 radical (unpaired) electrons. The quantitative estimate of drug-likeness (QED) is 0.564. The van der Waals surface area contributed by atoms with E-state index in [2.05, 4.69) is 27.4 Å². The zero-order valence-corrected chi connectivity index (χ0v) is 16.4. The van der Waals surface area contributed by atoms with Crippen LogP contribution in [0.4, 0.5) is 5.13 Å². The monoisotopic (exact) mass is 390 g/mol. The normalized spacial score (nSPS) is 13.2. The predicted octanol–water partition coefficient (Wildman–Crippen LogP) is 3.82. The van der Waals surface area contributed by atoms with Crippen LogP contribution < -0.4 is 10.9 Å². The number of carbonyl (C=O) groups excluding carboxylic acids is 1. The maximum Gasteiger partial charge on any atom is 0.261 e. The fourth-order valence-electron chi connectivity index (χ4n) is 3.82. The zero-order chi connectivity index (χ0) is 19.4. The van der Waals surface area contributed by atoms with Gasteiger partial charge in [-0.25, -0.2) is 9.97 Å². The molecule has 7 heteroatoms. The lowest BCUT2D eigenvalue weighted by molar-refractivity contribution is 0.102. The van der Waals surface area contributed by atoms with E-state index < -0.39 is 0 Å². The van der Waals surface area contributed by atoms with E-state index >= 15 is 0 Å². The van der Waals surface area contributed by atoms with Gasteiger partial charge in [0.15, 0.2) is 5.13 Å². The van der Waals surface area contributed by atoms with Gasteiger partial charge in [-0.1, -0.05) is 17.4 Å². The number of hydrogen-bond acceptors (Lipinski definition) is 5. The van der Waals surface area contributed by atoms with Crippen molar-refractivity contribution in [1.29, 1.82) is 0 Å². The van der Waals surface area contributed by atoms with Gasteiger partial charge in [-0.3, -0.25) is 19.5 Å². The lowest BCUT2D eigenvalue weighted by Gasteiger charge is -2.07. The molecule has 28 heavy (non-hydrogen) atoms. The van der Waals surface area contributed by atoms with E-state index in [-0.39, 0.29) is 11.5 Å². The van der Waals surface area contributed by atoms with E-state index in [4.69, 9.17) is 0 Å². The van der Waals surface area contributed by atoms with Crippen LogP contribution in [0.25, 0.3) is 21.1 Å². The van der Waals surface area contributed by atoms with Crippen LogP contribution in [-0.4, -0.2) is 20.4 Å². The van der Waals surface area contributed by atoms with Gasteiger partial charge >= 0.3 is 0 Å². The molecule has 0 atom stereocenters. The van der Waals surface area contributed by atoms with Crippen LogP contribution in [0, 0.1) is 13.8 Å². The molecule has 4 aromatic rings. The van der Waals surface area contributed by atoms with Crippen molar-refractivity contribution in [2.45, 2.75) is 33.2 Å². The second-order valence-corrected chi connectivity index (χ2v) is 8.25. The minimum Gasteiger partial charge on any atom is -0.298 e. The molecule has 0 saturated heterocycles. The summed E-state index contributed by atoms with van der Waals surface area (Å²) in [7, 11) is 0. The van der Waals surface area contributed by atoms with Crippen LogP contribution in [0.3, 0.4) is 0 Å². The van der Waals surface area contributed by atoms with Gasteiger partial charge in [0.2, 0.25) is 0 Å². The Morgan fingerprint density at radius 3 is 2.89 bits per heavy atom. The third-order valence-electron chi connectivity index (χ3n) is 5.13. The van der Waals surface area contributed by atoms with Crippen LogP contribution >= 0.6 is 11.3 Å². The first-order valence-corrected chi connectivity index (χ1v) is 10.0. The molecule has 1 aliphatic heterocycles. The van der Waals surface area contributed by atoms with E-state index in [1.54, 1.807) is 22.8 Å². The van der Waals surface area contributed by atoms with Crippen molar-refractivity contribution >= 4 is 43.5 Å². The molecular weight excluding hydrogens is 372 g/mol.